The minimum absolute atomic E-state index is 0.201. The van der Waals surface area contributed by atoms with E-state index in [1.807, 2.05) is 0 Å². The maximum Gasteiger partial charge on any atom is 0.0499 e. The van der Waals surface area contributed by atoms with Gasteiger partial charge in [0.1, 0.15) is 0 Å². The first-order valence-electron chi connectivity index (χ1n) is 5.65. The van der Waals surface area contributed by atoms with Crippen molar-refractivity contribution in [2.75, 3.05) is 40.3 Å². The van der Waals surface area contributed by atoms with Crippen LogP contribution < -0.4 is 5.32 Å². The first-order chi connectivity index (χ1) is 6.68. The number of nitrogens with one attached hydrogen (secondary N) is 1. The van der Waals surface area contributed by atoms with Crippen molar-refractivity contribution in [3.05, 3.63) is 0 Å². The van der Waals surface area contributed by atoms with Gasteiger partial charge in [0, 0.05) is 31.7 Å². The van der Waals surface area contributed by atoms with Gasteiger partial charge in [-0.15, -0.1) is 0 Å². The molecule has 0 amide bonds. The Morgan fingerprint density at radius 1 is 1.29 bits per heavy atom. The molecule has 1 aliphatic rings. The zero-order valence-electron chi connectivity index (χ0n) is 9.55. The third-order valence-electron chi connectivity index (χ3n) is 3.24. The van der Waals surface area contributed by atoms with E-state index < -0.39 is 0 Å². The molecule has 0 bridgehead atoms. The molecule has 0 aliphatic heterocycles. The van der Waals surface area contributed by atoms with Crippen molar-refractivity contribution in [2.45, 2.75) is 25.7 Å². The number of likely N-dealkylation sites (N-methyl/N-ethyl adjacent to an activating group) is 1. The predicted molar refractivity (Wildman–Crippen MR) is 59.4 cm³/mol. The number of nitrogens with zero attached hydrogens (tertiary/aromatic N) is 1. The van der Waals surface area contributed by atoms with Gasteiger partial charge in [-0.1, -0.05) is 12.8 Å². The van der Waals surface area contributed by atoms with Crippen LogP contribution in [-0.4, -0.2) is 50.3 Å². The maximum absolute atomic E-state index is 9.37. The lowest BCUT2D eigenvalue weighted by molar-refractivity contribution is 0.128. The fraction of sp³-hybridized carbons (Fsp3) is 1.00. The molecule has 0 heterocycles. The summed E-state index contributed by atoms with van der Waals surface area (Å²) in [6.07, 6.45) is 4.96. The fourth-order valence-corrected chi connectivity index (χ4v) is 2.17. The maximum atomic E-state index is 9.37. The Hall–Kier alpha value is -0.120. The summed E-state index contributed by atoms with van der Waals surface area (Å²) in [4.78, 5) is 2.17. The molecule has 0 aromatic carbocycles. The summed E-state index contributed by atoms with van der Waals surface area (Å²) in [5.74, 6) is 0. The van der Waals surface area contributed by atoms with Crippen molar-refractivity contribution in [2.24, 2.45) is 5.41 Å². The van der Waals surface area contributed by atoms with E-state index in [4.69, 9.17) is 0 Å². The monoisotopic (exact) mass is 200 g/mol. The highest BCUT2D eigenvalue weighted by molar-refractivity contribution is 4.85. The van der Waals surface area contributed by atoms with Crippen molar-refractivity contribution >= 4 is 0 Å². The molecule has 2 N–H and O–H groups in total. The average Bonchev–Trinajstić information content (AvgIpc) is 2.62. The second-order valence-corrected chi connectivity index (χ2v) is 4.85. The molecule has 84 valence electrons. The fourth-order valence-electron chi connectivity index (χ4n) is 2.17. The van der Waals surface area contributed by atoms with E-state index >= 15 is 0 Å². The van der Waals surface area contributed by atoms with Crippen LogP contribution in [0.15, 0.2) is 0 Å². The van der Waals surface area contributed by atoms with Gasteiger partial charge in [0.25, 0.3) is 0 Å². The van der Waals surface area contributed by atoms with Crippen LogP contribution >= 0.6 is 0 Å². The van der Waals surface area contributed by atoms with Crippen molar-refractivity contribution in [1.29, 1.82) is 0 Å². The molecule has 1 saturated carbocycles. The zero-order valence-corrected chi connectivity index (χ0v) is 9.55. The Bertz CT molecular complexity index is 153. The second-order valence-electron chi connectivity index (χ2n) is 4.85. The smallest absolute Gasteiger partial charge is 0.0499 e. The first-order valence-corrected chi connectivity index (χ1v) is 5.65. The quantitative estimate of drug-likeness (QED) is 0.619. The lowest BCUT2D eigenvalue weighted by Gasteiger charge is -2.27. The van der Waals surface area contributed by atoms with E-state index in [0.29, 0.717) is 6.61 Å². The van der Waals surface area contributed by atoms with Gasteiger partial charge in [0.15, 0.2) is 0 Å². The van der Waals surface area contributed by atoms with Crippen molar-refractivity contribution in [1.82, 2.24) is 10.2 Å². The Kier molecular flexibility index (Phi) is 4.85. The number of aliphatic hydroxyl groups is 1. The van der Waals surface area contributed by atoms with E-state index in [0.717, 1.165) is 19.6 Å². The molecule has 1 rings (SSSR count). The third kappa shape index (κ3) is 3.56. The standard InChI is InChI=1S/C11H24N2O/c1-13(2)8-7-12-9-11(10-14)5-3-4-6-11/h12,14H,3-10H2,1-2H3. The highest BCUT2D eigenvalue weighted by Gasteiger charge is 2.32. The summed E-state index contributed by atoms with van der Waals surface area (Å²) < 4.78 is 0. The Morgan fingerprint density at radius 3 is 2.43 bits per heavy atom. The Balaban J connectivity index is 2.15. The highest BCUT2D eigenvalue weighted by atomic mass is 16.3. The largest absolute Gasteiger partial charge is 0.396 e. The zero-order chi connectivity index (χ0) is 10.4. The summed E-state index contributed by atoms with van der Waals surface area (Å²) >= 11 is 0. The molecule has 14 heavy (non-hydrogen) atoms. The van der Waals surface area contributed by atoms with Crippen LogP contribution in [0.4, 0.5) is 0 Å². The van der Waals surface area contributed by atoms with Gasteiger partial charge in [0.2, 0.25) is 0 Å². The first kappa shape index (κ1) is 12.0. The topological polar surface area (TPSA) is 35.5 Å². The normalized spacial score (nSPS) is 20.6. The second kappa shape index (κ2) is 5.69. The van der Waals surface area contributed by atoms with Gasteiger partial charge >= 0.3 is 0 Å². The average molecular weight is 200 g/mol. The van der Waals surface area contributed by atoms with Crippen LogP contribution in [0.3, 0.4) is 0 Å². The Morgan fingerprint density at radius 2 is 1.93 bits per heavy atom. The van der Waals surface area contributed by atoms with E-state index in [2.05, 4.69) is 24.3 Å². The van der Waals surface area contributed by atoms with Gasteiger partial charge in [-0.25, -0.2) is 0 Å². The summed E-state index contributed by atoms with van der Waals surface area (Å²) in [6, 6.07) is 0. The molecular formula is C11H24N2O. The predicted octanol–water partition coefficient (Wildman–Crippen LogP) is 0.690. The lowest BCUT2D eigenvalue weighted by atomic mass is 9.87. The molecule has 3 heteroatoms. The molecule has 3 nitrogen and oxygen atoms in total. The van der Waals surface area contributed by atoms with Crippen molar-refractivity contribution < 1.29 is 5.11 Å². The highest BCUT2D eigenvalue weighted by Crippen LogP contribution is 2.36. The molecule has 1 aliphatic carbocycles. The molecule has 0 atom stereocenters. The summed E-state index contributed by atoms with van der Waals surface area (Å²) in [5.41, 5.74) is 0.201. The molecule has 0 saturated heterocycles. The van der Waals surface area contributed by atoms with Crippen molar-refractivity contribution in [3.8, 4) is 0 Å². The number of hydrogen-bond acceptors (Lipinski definition) is 3. The number of aliphatic hydroxyl groups excluding tert-OH is 1. The number of rotatable bonds is 6. The molecule has 0 aromatic rings. The van der Waals surface area contributed by atoms with E-state index in [9.17, 15) is 5.11 Å². The minimum Gasteiger partial charge on any atom is -0.396 e. The van der Waals surface area contributed by atoms with Gasteiger partial charge < -0.3 is 15.3 Å². The molecule has 0 radical (unpaired) electrons. The summed E-state index contributed by atoms with van der Waals surface area (Å²) in [5, 5.41) is 12.8. The molecule has 0 unspecified atom stereocenters. The molecular weight excluding hydrogens is 176 g/mol. The molecule has 1 fully saturated rings. The molecule has 0 aromatic heterocycles. The van der Waals surface area contributed by atoms with Crippen LogP contribution in [-0.2, 0) is 0 Å². The van der Waals surface area contributed by atoms with Crippen LogP contribution in [0.2, 0.25) is 0 Å². The van der Waals surface area contributed by atoms with Crippen LogP contribution in [0, 0.1) is 5.41 Å². The van der Waals surface area contributed by atoms with E-state index in [1.165, 1.54) is 25.7 Å². The van der Waals surface area contributed by atoms with Crippen LogP contribution in [0.5, 0.6) is 0 Å². The summed E-state index contributed by atoms with van der Waals surface area (Å²) in [7, 11) is 4.16. The van der Waals surface area contributed by atoms with Gasteiger partial charge in [-0.05, 0) is 26.9 Å². The van der Waals surface area contributed by atoms with Crippen LogP contribution in [0.25, 0.3) is 0 Å². The third-order valence-corrected chi connectivity index (χ3v) is 3.24. The van der Waals surface area contributed by atoms with Gasteiger partial charge in [-0.3, -0.25) is 0 Å². The number of hydrogen-bond donors (Lipinski definition) is 2. The van der Waals surface area contributed by atoms with Gasteiger partial charge in [-0.2, -0.15) is 0 Å². The van der Waals surface area contributed by atoms with Crippen molar-refractivity contribution in [3.63, 3.8) is 0 Å². The van der Waals surface area contributed by atoms with E-state index in [-0.39, 0.29) is 5.41 Å². The Labute approximate surface area is 87.5 Å². The van der Waals surface area contributed by atoms with Crippen LogP contribution in [0.1, 0.15) is 25.7 Å². The minimum atomic E-state index is 0.201. The molecule has 0 spiro atoms. The lowest BCUT2D eigenvalue weighted by Crippen LogP contribution is -2.37. The summed E-state index contributed by atoms with van der Waals surface area (Å²) in [6.45, 7) is 3.43. The van der Waals surface area contributed by atoms with Gasteiger partial charge in [0.05, 0.1) is 0 Å². The van der Waals surface area contributed by atoms with E-state index in [1.54, 1.807) is 0 Å². The SMILES string of the molecule is CN(C)CCNCC1(CO)CCCC1.